The summed E-state index contributed by atoms with van der Waals surface area (Å²) >= 11 is 3.81. The summed E-state index contributed by atoms with van der Waals surface area (Å²) in [4.78, 5) is 4.39. The van der Waals surface area contributed by atoms with Crippen LogP contribution < -0.4 is 5.32 Å². The van der Waals surface area contributed by atoms with Crippen LogP contribution >= 0.6 is 23.1 Å². The van der Waals surface area contributed by atoms with Crippen LogP contribution in [-0.2, 0) is 0 Å². The molecule has 0 amide bonds. The first-order chi connectivity index (χ1) is 6.84. The van der Waals surface area contributed by atoms with Gasteiger partial charge in [-0.05, 0) is 25.5 Å². The first-order valence-electron chi connectivity index (χ1n) is 5.12. The average molecular weight is 228 g/mol. The Labute approximate surface area is 93.5 Å². The fourth-order valence-electron chi connectivity index (χ4n) is 1.60. The molecule has 1 fully saturated rings. The van der Waals surface area contributed by atoms with Crippen molar-refractivity contribution in [2.24, 2.45) is 0 Å². The zero-order valence-electron chi connectivity index (χ0n) is 8.45. The number of nitrogens with zero attached hydrogens (tertiary/aromatic N) is 1. The van der Waals surface area contributed by atoms with Crippen LogP contribution in [0, 0.1) is 6.92 Å². The summed E-state index contributed by atoms with van der Waals surface area (Å²) in [5, 5.41) is 7.39. The van der Waals surface area contributed by atoms with Crippen molar-refractivity contribution in [2.45, 2.75) is 31.4 Å². The van der Waals surface area contributed by atoms with Gasteiger partial charge in [0, 0.05) is 17.2 Å². The largest absolute Gasteiger partial charge is 0.360 e. The van der Waals surface area contributed by atoms with Crippen molar-refractivity contribution < 1.29 is 0 Å². The average Bonchev–Trinajstić information content (AvgIpc) is 2.63. The molecular formula is C10H16N2S2. The van der Waals surface area contributed by atoms with Gasteiger partial charge in [0.05, 0.1) is 5.69 Å². The van der Waals surface area contributed by atoms with E-state index in [1.54, 1.807) is 11.3 Å². The lowest BCUT2D eigenvalue weighted by Gasteiger charge is -2.21. The minimum Gasteiger partial charge on any atom is -0.360 e. The number of nitrogens with one attached hydrogen (secondary N) is 1. The van der Waals surface area contributed by atoms with Crippen LogP contribution in [0.2, 0.25) is 0 Å². The Hall–Kier alpha value is -0.220. The molecule has 4 heteroatoms. The van der Waals surface area contributed by atoms with E-state index in [1.807, 2.05) is 6.92 Å². The van der Waals surface area contributed by atoms with Crippen molar-refractivity contribution in [1.29, 1.82) is 0 Å². The normalized spacial score (nSPS) is 22.2. The number of rotatable bonds is 3. The smallest absolute Gasteiger partial charge is 0.182 e. The molecule has 1 N–H and O–H groups in total. The van der Waals surface area contributed by atoms with E-state index in [2.05, 4.69) is 27.4 Å². The molecule has 1 aromatic heterocycles. The quantitative estimate of drug-likeness (QED) is 0.860. The van der Waals surface area contributed by atoms with Crippen LogP contribution in [0.5, 0.6) is 0 Å². The van der Waals surface area contributed by atoms with Crippen LogP contribution in [0.1, 0.15) is 25.0 Å². The predicted octanol–water partition coefficient (Wildman–Crippen LogP) is 3.15. The van der Waals surface area contributed by atoms with Crippen molar-refractivity contribution in [1.82, 2.24) is 4.98 Å². The SMILES string of the molecule is Cc1csc(NCC2CCCCS2)n1. The van der Waals surface area contributed by atoms with Crippen molar-refractivity contribution in [2.75, 3.05) is 17.6 Å². The third kappa shape index (κ3) is 2.89. The molecule has 14 heavy (non-hydrogen) atoms. The van der Waals surface area contributed by atoms with Gasteiger partial charge < -0.3 is 5.32 Å². The molecule has 0 bridgehead atoms. The Kier molecular flexibility index (Phi) is 3.70. The van der Waals surface area contributed by atoms with Crippen LogP contribution in [0.3, 0.4) is 0 Å². The molecule has 1 aliphatic heterocycles. The maximum Gasteiger partial charge on any atom is 0.182 e. The molecular weight excluding hydrogens is 212 g/mol. The highest BCUT2D eigenvalue weighted by atomic mass is 32.2. The van der Waals surface area contributed by atoms with Crippen LogP contribution in [0.25, 0.3) is 0 Å². The lowest BCUT2D eigenvalue weighted by Crippen LogP contribution is -2.19. The molecule has 2 nitrogen and oxygen atoms in total. The van der Waals surface area contributed by atoms with E-state index in [9.17, 15) is 0 Å². The summed E-state index contributed by atoms with van der Waals surface area (Å²) in [6, 6.07) is 0. The topological polar surface area (TPSA) is 24.9 Å². The first-order valence-corrected chi connectivity index (χ1v) is 7.05. The minimum absolute atomic E-state index is 0.799. The van der Waals surface area contributed by atoms with Gasteiger partial charge in [-0.3, -0.25) is 0 Å². The van der Waals surface area contributed by atoms with Gasteiger partial charge in [0.1, 0.15) is 0 Å². The van der Waals surface area contributed by atoms with Gasteiger partial charge in [0.15, 0.2) is 5.13 Å². The van der Waals surface area contributed by atoms with Gasteiger partial charge >= 0.3 is 0 Å². The summed E-state index contributed by atoms with van der Waals surface area (Å²) in [6.45, 7) is 3.12. The zero-order valence-corrected chi connectivity index (χ0v) is 10.1. The Morgan fingerprint density at radius 1 is 1.57 bits per heavy atom. The summed E-state index contributed by atoms with van der Waals surface area (Å²) in [5.41, 5.74) is 1.12. The zero-order chi connectivity index (χ0) is 9.80. The Morgan fingerprint density at radius 2 is 2.50 bits per heavy atom. The van der Waals surface area contributed by atoms with Gasteiger partial charge in [0.2, 0.25) is 0 Å². The van der Waals surface area contributed by atoms with Gasteiger partial charge in [0.25, 0.3) is 0 Å². The third-order valence-electron chi connectivity index (χ3n) is 2.37. The molecule has 0 spiro atoms. The number of hydrogen-bond donors (Lipinski definition) is 1. The number of hydrogen-bond acceptors (Lipinski definition) is 4. The first kappa shape index (κ1) is 10.3. The third-order valence-corrected chi connectivity index (χ3v) is 4.69. The molecule has 2 heterocycles. The maximum absolute atomic E-state index is 4.39. The highest BCUT2D eigenvalue weighted by molar-refractivity contribution is 7.99. The Bertz CT molecular complexity index is 279. The predicted molar refractivity (Wildman–Crippen MR) is 65.4 cm³/mol. The second-order valence-electron chi connectivity index (χ2n) is 3.66. The molecule has 1 unspecified atom stereocenters. The summed E-state index contributed by atoms with van der Waals surface area (Å²) in [6.07, 6.45) is 4.16. The minimum atomic E-state index is 0.799. The van der Waals surface area contributed by atoms with Gasteiger partial charge in [-0.25, -0.2) is 4.98 Å². The standard InChI is InChI=1S/C10H16N2S2/c1-8-7-14-10(12-8)11-6-9-4-2-3-5-13-9/h7,9H,2-6H2,1H3,(H,11,12). The molecule has 0 radical (unpaired) electrons. The Morgan fingerprint density at radius 3 is 3.14 bits per heavy atom. The van der Waals surface area contributed by atoms with E-state index in [1.165, 1.54) is 25.0 Å². The van der Waals surface area contributed by atoms with E-state index in [0.717, 1.165) is 22.6 Å². The van der Waals surface area contributed by atoms with Crippen LogP contribution in [0.4, 0.5) is 5.13 Å². The second kappa shape index (κ2) is 5.03. The fraction of sp³-hybridized carbons (Fsp3) is 0.700. The van der Waals surface area contributed by atoms with Crippen LogP contribution in [0.15, 0.2) is 5.38 Å². The van der Waals surface area contributed by atoms with E-state index in [4.69, 9.17) is 0 Å². The van der Waals surface area contributed by atoms with E-state index < -0.39 is 0 Å². The number of aromatic nitrogens is 1. The number of thioether (sulfide) groups is 1. The Balaban J connectivity index is 1.76. The molecule has 78 valence electrons. The van der Waals surface area contributed by atoms with Crippen molar-refractivity contribution in [3.8, 4) is 0 Å². The van der Waals surface area contributed by atoms with Gasteiger partial charge in [-0.1, -0.05) is 6.42 Å². The second-order valence-corrected chi connectivity index (χ2v) is 5.93. The van der Waals surface area contributed by atoms with Crippen molar-refractivity contribution in [3.05, 3.63) is 11.1 Å². The van der Waals surface area contributed by atoms with E-state index in [-0.39, 0.29) is 0 Å². The maximum atomic E-state index is 4.39. The molecule has 1 atom stereocenters. The lowest BCUT2D eigenvalue weighted by molar-refractivity contribution is 0.677. The van der Waals surface area contributed by atoms with E-state index >= 15 is 0 Å². The molecule has 2 rings (SSSR count). The van der Waals surface area contributed by atoms with Crippen molar-refractivity contribution >= 4 is 28.2 Å². The molecule has 1 aliphatic rings. The molecule has 0 aromatic carbocycles. The molecule has 0 aliphatic carbocycles. The van der Waals surface area contributed by atoms with Crippen molar-refractivity contribution in [3.63, 3.8) is 0 Å². The molecule has 0 saturated carbocycles. The summed E-state index contributed by atoms with van der Waals surface area (Å²) in [5.74, 6) is 1.34. The molecule has 1 aromatic rings. The molecule has 1 saturated heterocycles. The lowest BCUT2D eigenvalue weighted by atomic mass is 10.2. The number of anilines is 1. The monoisotopic (exact) mass is 228 g/mol. The van der Waals surface area contributed by atoms with E-state index in [0.29, 0.717) is 0 Å². The highest BCUT2D eigenvalue weighted by Gasteiger charge is 2.13. The van der Waals surface area contributed by atoms with Gasteiger partial charge in [-0.2, -0.15) is 11.8 Å². The number of thiazole rings is 1. The fourth-order valence-corrected chi connectivity index (χ4v) is 3.54. The van der Waals surface area contributed by atoms with Crippen LogP contribution in [-0.4, -0.2) is 22.5 Å². The summed E-state index contributed by atoms with van der Waals surface area (Å²) < 4.78 is 0. The number of aryl methyl sites for hydroxylation is 1. The highest BCUT2D eigenvalue weighted by Crippen LogP contribution is 2.25. The summed E-state index contributed by atoms with van der Waals surface area (Å²) in [7, 11) is 0. The van der Waals surface area contributed by atoms with Gasteiger partial charge in [-0.15, -0.1) is 11.3 Å².